The Bertz CT molecular complexity index is 708. The minimum Gasteiger partial charge on any atom is -0.478 e. The summed E-state index contributed by atoms with van der Waals surface area (Å²) in [5, 5.41) is 8.93. The SMILES string of the molecule is CCCCCCCCC(=O)Oc1ccc(-c2ccc(C(=O)O)cc2)cc1.Cl. The van der Waals surface area contributed by atoms with Crippen LogP contribution < -0.4 is 4.74 Å². The molecule has 0 unspecified atom stereocenters. The van der Waals surface area contributed by atoms with E-state index in [-0.39, 0.29) is 23.9 Å². The highest BCUT2D eigenvalue weighted by atomic mass is 35.5. The molecule has 0 atom stereocenters. The van der Waals surface area contributed by atoms with Gasteiger partial charge in [0.2, 0.25) is 0 Å². The molecule has 0 radical (unpaired) electrons. The molecule has 1 N–H and O–H groups in total. The van der Waals surface area contributed by atoms with Crippen LogP contribution in [0.25, 0.3) is 11.1 Å². The second-order valence-electron chi connectivity index (χ2n) is 6.40. The Balaban J connectivity index is 0.00000364. The van der Waals surface area contributed by atoms with E-state index in [4.69, 9.17) is 9.84 Å². The standard InChI is InChI=1S/C22H26O4.ClH/c1-2-3-4-5-6-7-8-21(23)26-20-15-13-18(14-16-20)17-9-11-19(12-10-17)22(24)25;/h9-16H,2-8H2,1H3,(H,24,25);1H. The van der Waals surface area contributed by atoms with Crippen molar-refractivity contribution < 1.29 is 19.4 Å². The highest BCUT2D eigenvalue weighted by Gasteiger charge is 2.06. The molecule has 0 saturated heterocycles. The molecule has 2 aromatic rings. The van der Waals surface area contributed by atoms with Crippen molar-refractivity contribution in [2.45, 2.75) is 51.9 Å². The van der Waals surface area contributed by atoms with E-state index >= 15 is 0 Å². The summed E-state index contributed by atoms with van der Waals surface area (Å²) < 4.78 is 5.37. The van der Waals surface area contributed by atoms with Gasteiger partial charge in [-0.25, -0.2) is 4.79 Å². The van der Waals surface area contributed by atoms with E-state index in [2.05, 4.69) is 6.92 Å². The maximum atomic E-state index is 11.9. The molecular formula is C22H27ClO4. The molecular weight excluding hydrogens is 364 g/mol. The smallest absolute Gasteiger partial charge is 0.335 e. The number of benzene rings is 2. The molecule has 5 heteroatoms. The number of aromatic carboxylic acids is 1. The first-order valence-electron chi connectivity index (χ1n) is 9.24. The number of unbranched alkanes of at least 4 members (excludes halogenated alkanes) is 5. The Morgan fingerprint density at radius 2 is 1.33 bits per heavy atom. The summed E-state index contributed by atoms with van der Waals surface area (Å²) in [6.45, 7) is 2.19. The van der Waals surface area contributed by atoms with Crippen LogP contribution in [0, 0.1) is 0 Å². The second-order valence-corrected chi connectivity index (χ2v) is 6.40. The molecule has 0 fully saturated rings. The van der Waals surface area contributed by atoms with E-state index in [1.54, 1.807) is 36.4 Å². The van der Waals surface area contributed by atoms with Crippen LogP contribution in [0.1, 0.15) is 62.2 Å². The Morgan fingerprint density at radius 3 is 1.89 bits per heavy atom. The van der Waals surface area contributed by atoms with Gasteiger partial charge in [0.15, 0.2) is 0 Å². The van der Waals surface area contributed by atoms with Crippen molar-refractivity contribution >= 4 is 24.3 Å². The highest BCUT2D eigenvalue weighted by molar-refractivity contribution is 5.88. The Morgan fingerprint density at radius 1 is 0.815 bits per heavy atom. The van der Waals surface area contributed by atoms with Crippen molar-refractivity contribution in [2.75, 3.05) is 0 Å². The van der Waals surface area contributed by atoms with Gasteiger partial charge in [0.1, 0.15) is 5.75 Å². The van der Waals surface area contributed by atoms with Crippen molar-refractivity contribution in [3.05, 3.63) is 54.1 Å². The molecule has 27 heavy (non-hydrogen) atoms. The average Bonchev–Trinajstić information content (AvgIpc) is 2.65. The molecule has 0 bridgehead atoms. The van der Waals surface area contributed by atoms with E-state index in [1.807, 2.05) is 12.1 Å². The molecule has 0 aliphatic heterocycles. The van der Waals surface area contributed by atoms with Gasteiger partial charge < -0.3 is 9.84 Å². The molecule has 0 amide bonds. The maximum absolute atomic E-state index is 11.9. The predicted octanol–water partition coefficient (Wildman–Crippen LogP) is 6.13. The Hall–Kier alpha value is -2.33. The number of rotatable bonds is 10. The van der Waals surface area contributed by atoms with Gasteiger partial charge in [-0.3, -0.25) is 4.79 Å². The molecule has 146 valence electrons. The van der Waals surface area contributed by atoms with E-state index in [1.165, 1.54) is 25.7 Å². The fourth-order valence-corrected chi connectivity index (χ4v) is 2.75. The fourth-order valence-electron chi connectivity index (χ4n) is 2.75. The summed E-state index contributed by atoms with van der Waals surface area (Å²) in [5.74, 6) is -0.602. The lowest BCUT2D eigenvalue weighted by Crippen LogP contribution is -2.07. The van der Waals surface area contributed by atoms with Gasteiger partial charge in [-0.05, 0) is 41.8 Å². The fraction of sp³-hybridized carbons (Fsp3) is 0.364. The van der Waals surface area contributed by atoms with E-state index in [0.29, 0.717) is 12.2 Å². The lowest BCUT2D eigenvalue weighted by atomic mass is 10.0. The summed E-state index contributed by atoms with van der Waals surface area (Å²) in [6, 6.07) is 13.9. The molecule has 0 heterocycles. The van der Waals surface area contributed by atoms with Crippen LogP contribution in [0.15, 0.2) is 48.5 Å². The molecule has 0 spiro atoms. The molecule has 0 saturated carbocycles. The van der Waals surface area contributed by atoms with Gasteiger partial charge in [-0.2, -0.15) is 0 Å². The van der Waals surface area contributed by atoms with Crippen molar-refractivity contribution in [3.63, 3.8) is 0 Å². The molecule has 2 aromatic carbocycles. The molecule has 4 nitrogen and oxygen atoms in total. The van der Waals surface area contributed by atoms with Gasteiger partial charge in [0, 0.05) is 6.42 Å². The number of carbonyl (C=O) groups is 2. The number of carboxylic acids is 1. The topological polar surface area (TPSA) is 63.6 Å². The number of hydrogen-bond donors (Lipinski definition) is 1. The van der Waals surface area contributed by atoms with Crippen LogP contribution in [-0.4, -0.2) is 17.0 Å². The zero-order valence-electron chi connectivity index (χ0n) is 15.6. The zero-order valence-corrected chi connectivity index (χ0v) is 16.5. The largest absolute Gasteiger partial charge is 0.478 e. The van der Waals surface area contributed by atoms with Gasteiger partial charge in [0.25, 0.3) is 0 Å². The van der Waals surface area contributed by atoms with E-state index in [9.17, 15) is 9.59 Å². The molecule has 0 aliphatic carbocycles. The van der Waals surface area contributed by atoms with Gasteiger partial charge in [-0.15, -0.1) is 12.4 Å². The van der Waals surface area contributed by atoms with Crippen LogP contribution in [0.5, 0.6) is 5.75 Å². The first-order chi connectivity index (χ1) is 12.6. The minimum absolute atomic E-state index is 0. The number of esters is 1. The van der Waals surface area contributed by atoms with E-state index in [0.717, 1.165) is 24.0 Å². The van der Waals surface area contributed by atoms with Crippen molar-refractivity contribution in [3.8, 4) is 16.9 Å². The number of carbonyl (C=O) groups excluding carboxylic acids is 1. The normalized spacial score (nSPS) is 10.1. The van der Waals surface area contributed by atoms with E-state index < -0.39 is 5.97 Å². The summed E-state index contributed by atoms with van der Waals surface area (Å²) in [5.41, 5.74) is 2.12. The number of halogens is 1. The quantitative estimate of drug-likeness (QED) is 0.301. The zero-order chi connectivity index (χ0) is 18.8. The lowest BCUT2D eigenvalue weighted by molar-refractivity contribution is -0.134. The summed E-state index contributed by atoms with van der Waals surface area (Å²) in [6.07, 6.45) is 7.29. The monoisotopic (exact) mass is 390 g/mol. The summed E-state index contributed by atoms with van der Waals surface area (Å²) >= 11 is 0. The molecule has 2 rings (SSSR count). The average molecular weight is 391 g/mol. The number of hydrogen-bond acceptors (Lipinski definition) is 3. The van der Waals surface area contributed by atoms with Crippen molar-refractivity contribution in [1.29, 1.82) is 0 Å². The second kappa shape index (κ2) is 12.1. The number of carboxylic acid groups (broad SMARTS) is 1. The first kappa shape index (κ1) is 22.7. The third-order valence-electron chi connectivity index (χ3n) is 4.29. The Labute approximate surface area is 167 Å². The predicted molar refractivity (Wildman–Crippen MR) is 110 cm³/mol. The van der Waals surface area contributed by atoms with Crippen molar-refractivity contribution in [1.82, 2.24) is 0 Å². The van der Waals surface area contributed by atoms with Crippen LogP contribution in [-0.2, 0) is 4.79 Å². The Kier molecular flexibility index (Phi) is 10.2. The highest BCUT2D eigenvalue weighted by Crippen LogP contribution is 2.23. The van der Waals surface area contributed by atoms with Gasteiger partial charge in [0.05, 0.1) is 5.56 Å². The summed E-state index contributed by atoms with van der Waals surface area (Å²) in [4.78, 5) is 22.8. The third-order valence-corrected chi connectivity index (χ3v) is 4.29. The van der Waals surface area contributed by atoms with Crippen LogP contribution in [0.3, 0.4) is 0 Å². The third kappa shape index (κ3) is 7.83. The van der Waals surface area contributed by atoms with Crippen LogP contribution in [0.4, 0.5) is 0 Å². The molecule has 0 aromatic heterocycles. The van der Waals surface area contributed by atoms with Gasteiger partial charge in [-0.1, -0.05) is 63.3 Å². The summed E-state index contributed by atoms with van der Waals surface area (Å²) in [7, 11) is 0. The van der Waals surface area contributed by atoms with Crippen molar-refractivity contribution in [2.24, 2.45) is 0 Å². The number of ether oxygens (including phenoxy) is 1. The maximum Gasteiger partial charge on any atom is 0.335 e. The minimum atomic E-state index is -0.941. The van der Waals surface area contributed by atoms with Gasteiger partial charge >= 0.3 is 11.9 Å². The first-order valence-corrected chi connectivity index (χ1v) is 9.24. The van der Waals surface area contributed by atoms with Crippen LogP contribution in [0.2, 0.25) is 0 Å². The van der Waals surface area contributed by atoms with Crippen LogP contribution >= 0.6 is 12.4 Å². The lowest BCUT2D eigenvalue weighted by Gasteiger charge is -2.06. The molecule has 0 aliphatic rings.